The van der Waals surface area contributed by atoms with E-state index in [1.165, 1.54) is 33.2 Å². The largest absolute Gasteiger partial charge is 0.248 e. The first kappa shape index (κ1) is 12.9. The summed E-state index contributed by atoms with van der Waals surface area (Å²) in [6.45, 7) is 8.60. The van der Waals surface area contributed by atoms with Gasteiger partial charge in [0.25, 0.3) is 0 Å². The topological polar surface area (TPSA) is 12.9 Å². The molecule has 1 heterocycles. The maximum absolute atomic E-state index is 4.85. The molecule has 0 saturated heterocycles. The smallest absolute Gasteiger partial charge is 0.0712 e. The summed E-state index contributed by atoms with van der Waals surface area (Å²) < 4.78 is 0. The van der Waals surface area contributed by atoms with Gasteiger partial charge in [-0.05, 0) is 68.1 Å². The van der Waals surface area contributed by atoms with E-state index in [4.69, 9.17) is 4.98 Å². The standard InChI is InChI=1S/C19H19N/c1-12-6-5-7-17(15(12)4)18-9-8-16-10-13(2)14(3)11-19(16)20-18/h5-11H,1-4H3. The number of fused-ring (bicyclic) bond motifs is 1. The lowest BCUT2D eigenvalue weighted by Crippen LogP contribution is -1.91. The summed E-state index contributed by atoms with van der Waals surface area (Å²) in [5.74, 6) is 0. The molecule has 3 aromatic rings. The van der Waals surface area contributed by atoms with E-state index >= 15 is 0 Å². The van der Waals surface area contributed by atoms with Gasteiger partial charge < -0.3 is 0 Å². The lowest BCUT2D eigenvalue weighted by atomic mass is 9.99. The molecule has 1 nitrogen and oxygen atoms in total. The molecule has 0 atom stereocenters. The Morgan fingerprint density at radius 3 is 2.30 bits per heavy atom. The van der Waals surface area contributed by atoms with Gasteiger partial charge in [-0.3, -0.25) is 0 Å². The first-order valence-electron chi connectivity index (χ1n) is 7.01. The van der Waals surface area contributed by atoms with Gasteiger partial charge in [-0.2, -0.15) is 0 Å². The highest BCUT2D eigenvalue weighted by Gasteiger charge is 2.07. The molecule has 0 fully saturated rings. The van der Waals surface area contributed by atoms with Gasteiger partial charge in [0.2, 0.25) is 0 Å². The predicted molar refractivity (Wildman–Crippen MR) is 86.1 cm³/mol. The molecule has 0 spiro atoms. The number of hydrogen-bond acceptors (Lipinski definition) is 1. The van der Waals surface area contributed by atoms with Gasteiger partial charge in [-0.15, -0.1) is 0 Å². The third-order valence-electron chi connectivity index (χ3n) is 4.19. The van der Waals surface area contributed by atoms with Gasteiger partial charge >= 0.3 is 0 Å². The molecule has 1 aromatic heterocycles. The van der Waals surface area contributed by atoms with E-state index < -0.39 is 0 Å². The fraction of sp³-hybridized carbons (Fsp3) is 0.211. The molecule has 20 heavy (non-hydrogen) atoms. The van der Waals surface area contributed by atoms with Crippen LogP contribution in [-0.4, -0.2) is 4.98 Å². The second kappa shape index (κ2) is 4.75. The molecule has 2 aromatic carbocycles. The lowest BCUT2D eigenvalue weighted by Gasteiger charge is -2.10. The molecule has 0 N–H and O–H groups in total. The van der Waals surface area contributed by atoms with Gasteiger partial charge in [-0.25, -0.2) is 4.98 Å². The average Bonchev–Trinajstić information content (AvgIpc) is 2.43. The maximum Gasteiger partial charge on any atom is 0.0712 e. The quantitative estimate of drug-likeness (QED) is 0.591. The molecular formula is C19H19N. The van der Waals surface area contributed by atoms with E-state index in [9.17, 15) is 0 Å². The highest BCUT2D eigenvalue weighted by Crippen LogP contribution is 2.26. The van der Waals surface area contributed by atoms with Crippen LogP contribution in [0.5, 0.6) is 0 Å². The lowest BCUT2D eigenvalue weighted by molar-refractivity contribution is 1.29. The van der Waals surface area contributed by atoms with Gasteiger partial charge in [0, 0.05) is 10.9 Å². The van der Waals surface area contributed by atoms with Gasteiger partial charge in [0.05, 0.1) is 11.2 Å². The van der Waals surface area contributed by atoms with E-state index in [1.807, 2.05) is 0 Å². The van der Waals surface area contributed by atoms with E-state index in [0.717, 1.165) is 11.2 Å². The molecule has 1 heteroatoms. The number of nitrogens with zero attached hydrogens (tertiary/aromatic N) is 1. The summed E-state index contributed by atoms with van der Waals surface area (Å²) in [5.41, 5.74) is 8.59. The molecule has 0 radical (unpaired) electrons. The fourth-order valence-electron chi connectivity index (χ4n) is 2.57. The van der Waals surface area contributed by atoms with Crippen LogP contribution in [0.15, 0.2) is 42.5 Å². The number of benzene rings is 2. The first-order valence-corrected chi connectivity index (χ1v) is 7.01. The molecule has 3 rings (SSSR count). The van der Waals surface area contributed by atoms with Crippen molar-refractivity contribution in [2.24, 2.45) is 0 Å². The summed E-state index contributed by atoms with van der Waals surface area (Å²) in [6, 6.07) is 15.1. The molecule has 0 aliphatic carbocycles. The minimum atomic E-state index is 1.06. The zero-order chi connectivity index (χ0) is 14.3. The van der Waals surface area contributed by atoms with Crippen LogP contribution >= 0.6 is 0 Å². The SMILES string of the molecule is Cc1cc2ccc(-c3cccc(C)c3C)nc2cc1C. The van der Waals surface area contributed by atoms with E-state index in [2.05, 4.69) is 70.2 Å². The van der Waals surface area contributed by atoms with Crippen molar-refractivity contribution in [1.29, 1.82) is 0 Å². The van der Waals surface area contributed by atoms with Crippen LogP contribution < -0.4 is 0 Å². The number of hydrogen-bond donors (Lipinski definition) is 0. The monoisotopic (exact) mass is 261 g/mol. The van der Waals surface area contributed by atoms with Crippen LogP contribution in [-0.2, 0) is 0 Å². The summed E-state index contributed by atoms with van der Waals surface area (Å²) >= 11 is 0. The summed E-state index contributed by atoms with van der Waals surface area (Å²) in [7, 11) is 0. The van der Waals surface area contributed by atoms with Crippen molar-refractivity contribution in [3.05, 3.63) is 64.7 Å². The maximum atomic E-state index is 4.85. The fourth-order valence-corrected chi connectivity index (χ4v) is 2.57. The Bertz CT molecular complexity index is 800. The summed E-state index contributed by atoms with van der Waals surface area (Å²) in [4.78, 5) is 4.85. The zero-order valence-electron chi connectivity index (χ0n) is 12.5. The van der Waals surface area contributed by atoms with E-state index in [-0.39, 0.29) is 0 Å². The highest BCUT2D eigenvalue weighted by molar-refractivity contribution is 5.83. The summed E-state index contributed by atoms with van der Waals surface area (Å²) in [6.07, 6.45) is 0. The predicted octanol–water partition coefficient (Wildman–Crippen LogP) is 5.14. The van der Waals surface area contributed by atoms with Crippen LogP contribution in [0.1, 0.15) is 22.3 Å². The van der Waals surface area contributed by atoms with Crippen LogP contribution in [0.4, 0.5) is 0 Å². The Kier molecular flexibility index (Phi) is 3.06. The van der Waals surface area contributed by atoms with Gasteiger partial charge in [0.15, 0.2) is 0 Å². The Morgan fingerprint density at radius 2 is 1.50 bits per heavy atom. The molecule has 0 unspecified atom stereocenters. The highest BCUT2D eigenvalue weighted by atomic mass is 14.7. The van der Waals surface area contributed by atoms with Crippen molar-refractivity contribution in [3.63, 3.8) is 0 Å². The van der Waals surface area contributed by atoms with E-state index in [0.29, 0.717) is 0 Å². The third kappa shape index (κ3) is 2.09. The van der Waals surface area contributed by atoms with Crippen LogP contribution in [0, 0.1) is 27.7 Å². The average molecular weight is 261 g/mol. The van der Waals surface area contributed by atoms with Gasteiger partial charge in [0.1, 0.15) is 0 Å². The van der Waals surface area contributed by atoms with Crippen molar-refractivity contribution in [3.8, 4) is 11.3 Å². The number of aromatic nitrogens is 1. The molecule has 0 amide bonds. The zero-order valence-corrected chi connectivity index (χ0v) is 12.5. The Morgan fingerprint density at radius 1 is 0.750 bits per heavy atom. The second-order valence-corrected chi connectivity index (χ2v) is 5.57. The molecule has 0 aliphatic rings. The van der Waals surface area contributed by atoms with Crippen LogP contribution in [0.25, 0.3) is 22.2 Å². The van der Waals surface area contributed by atoms with Gasteiger partial charge in [-0.1, -0.05) is 24.3 Å². The minimum absolute atomic E-state index is 1.06. The minimum Gasteiger partial charge on any atom is -0.248 e. The number of rotatable bonds is 1. The van der Waals surface area contributed by atoms with Crippen molar-refractivity contribution in [2.45, 2.75) is 27.7 Å². The Hall–Kier alpha value is -2.15. The van der Waals surface area contributed by atoms with Crippen LogP contribution in [0.3, 0.4) is 0 Å². The van der Waals surface area contributed by atoms with Crippen molar-refractivity contribution in [1.82, 2.24) is 4.98 Å². The third-order valence-corrected chi connectivity index (χ3v) is 4.19. The van der Waals surface area contributed by atoms with Crippen molar-refractivity contribution >= 4 is 10.9 Å². The molecule has 0 saturated carbocycles. The van der Waals surface area contributed by atoms with Crippen molar-refractivity contribution < 1.29 is 0 Å². The molecule has 100 valence electrons. The number of pyridine rings is 1. The second-order valence-electron chi connectivity index (χ2n) is 5.57. The normalized spacial score (nSPS) is 11.0. The van der Waals surface area contributed by atoms with Crippen molar-refractivity contribution in [2.75, 3.05) is 0 Å². The Labute approximate surface area is 120 Å². The first-order chi connectivity index (χ1) is 9.56. The summed E-state index contributed by atoms with van der Waals surface area (Å²) in [5, 5.41) is 1.21. The number of aryl methyl sites for hydroxylation is 3. The van der Waals surface area contributed by atoms with Crippen LogP contribution in [0.2, 0.25) is 0 Å². The molecule has 0 aliphatic heterocycles. The Balaban J connectivity index is 2.23. The van der Waals surface area contributed by atoms with E-state index in [1.54, 1.807) is 0 Å². The molecular weight excluding hydrogens is 242 g/mol. The molecule has 0 bridgehead atoms.